The van der Waals surface area contributed by atoms with Crippen LogP contribution in [0, 0.1) is 18.4 Å². The number of rotatable bonds is 8. The van der Waals surface area contributed by atoms with Crippen LogP contribution < -0.4 is 24.5 Å². The van der Waals surface area contributed by atoms with E-state index in [0.717, 1.165) is 26.1 Å². The minimum atomic E-state index is -4.06. The minimum absolute atomic E-state index is 0.0137. The van der Waals surface area contributed by atoms with Gasteiger partial charge in [0.2, 0.25) is 6.19 Å². The summed E-state index contributed by atoms with van der Waals surface area (Å²) < 4.78 is 49.7. The molecule has 0 aliphatic heterocycles. The molecular weight excluding hydrogens is 510 g/mol. The van der Waals surface area contributed by atoms with Crippen LogP contribution in [0.15, 0.2) is 34.7 Å². The standard InChI is InChI=1S/C21H19N7O6S2/c1-12-24-20(35-25-12)18-19-23-9-13(10-27(19)28(11-22)21(18)29)26-36(30,31)6-5-15-16(33-3)7-14(32-2)8-17(15)34-4/h5-10,26H,1-4H3/b6-5+. The predicted octanol–water partition coefficient (Wildman–Crippen LogP) is 2.09. The first-order valence-electron chi connectivity index (χ1n) is 10.1. The Morgan fingerprint density at radius 2 is 1.86 bits per heavy atom. The molecule has 4 rings (SSSR count). The lowest BCUT2D eigenvalue weighted by atomic mass is 10.1. The predicted molar refractivity (Wildman–Crippen MR) is 132 cm³/mol. The number of nitriles is 1. The fourth-order valence-electron chi connectivity index (χ4n) is 3.33. The van der Waals surface area contributed by atoms with E-state index in [0.29, 0.717) is 33.6 Å². The lowest BCUT2D eigenvalue weighted by molar-refractivity contribution is 0.374. The van der Waals surface area contributed by atoms with E-state index in [-0.39, 0.29) is 16.9 Å². The van der Waals surface area contributed by atoms with Crippen LogP contribution in [0.25, 0.3) is 22.3 Å². The smallest absolute Gasteiger partial charge is 0.293 e. The quantitative estimate of drug-likeness (QED) is 0.357. The second-order valence-corrected chi connectivity index (χ2v) is 9.46. The van der Waals surface area contributed by atoms with Gasteiger partial charge in [0.15, 0.2) is 10.7 Å². The number of aryl methyl sites for hydroxylation is 1. The van der Waals surface area contributed by atoms with Crippen LogP contribution in [0.5, 0.6) is 17.2 Å². The SMILES string of the molecule is COc1cc(OC)c(/C=C/S(=O)(=O)Nc2cnc3c(-c4nc(C)ns4)c(=O)n(C#N)n3c2)c(OC)c1. The molecule has 0 spiro atoms. The largest absolute Gasteiger partial charge is 0.496 e. The molecule has 1 N–H and O–H groups in total. The van der Waals surface area contributed by atoms with Crippen molar-refractivity contribution in [1.29, 1.82) is 5.26 Å². The maximum Gasteiger partial charge on any atom is 0.293 e. The second-order valence-electron chi connectivity index (χ2n) is 7.14. The lowest BCUT2D eigenvalue weighted by Crippen LogP contribution is -2.16. The van der Waals surface area contributed by atoms with Gasteiger partial charge < -0.3 is 14.2 Å². The number of benzene rings is 1. The summed E-state index contributed by atoms with van der Waals surface area (Å²) in [5.41, 5.74) is -0.0425. The highest BCUT2D eigenvalue weighted by Crippen LogP contribution is 2.35. The van der Waals surface area contributed by atoms with E-state index >= 15 is 0 Å². The summed E-state index contributed by atoms with van der Waals surface area (Å²) in [5, 5.41) is 10.7. The molecule has 36 heavy (non-hydrogen) atoms. The van der Waals surface area contributed by atoms with Crippen LogP contribution in [0.3, 0.4) is 0 Å². The normalized spacial score (nSPS) is 11.5. The fourth-order valence-corrected chi connectivity index (χ4v) is 4.85. The van der Waals surface area contributed by atoms with Crippen LogP contribution in [0.1, 0.15) is 11.4 Å². The van der Waals surface area contributed by atoms with Gasteiger partial charge in [-0.05, 0) is 24.5 Å². The Balaban J connectivity index is 1.70. The van der Waals surface area contributed by atoms with E-state index in [1.165, 1.54) is 39.8 Å². The molecule has 0 fully saturated rings. The van der Waals surface area contributed by atoms with Crippen molar-refractivity contribution in [3.63, 3.8) is 0 Å². The molecule has 13 nitrogen and oxygen atoms in total. The van der Waals surface area contributed by atoms with Crippen molar-refractivity contribution in [3.8, 4) is 34.0 Å². The van der Waals surface area contributed by atoms with Crippen molar-refractivity contribution in [2.45, 2.75) is 6.92 Å². The molecule has 0 saturated carbocycles. The Kier molecular flexibility index (Phi) is 6.64. The Labute approximate surface area is 209 Å². The molecule has 0 radical (unpaired) electrons. The number of sulfonamides is 1. The van der Waals surface area contributed by atoms with E-state index in [1.807, 2.05) is 0 Å². The van der Waals surface area contributed by atoms with Crippen molar-refractivity contribution >= 4 is 39.0 Å². The maximum absolute atomic E-state index is 12.8. The lowest BCUT2D eigenvalue weighted by Gasteiger charge is -2.12. The highest BCUT2D eigenvalue weighted by Gasteiger charge is 2.21. The van der Waals surface area contributed by atoms with Crippen LogP contribution in [0.2, 0.25) is 0 Å². The average molecular weight is 530 g/mol. The highest BCUT2D eigenvalue weighted by atomic mass is 32.2. The van der Waals surface area contributed by atoms with Crippen molar-refractivity contribution in [3.05, 3.63) is 51.7 Å². The molecule has 0 aliphatic carbocycles. The average Bonchev–Trinajstić information content (AvgIpc) is 3.40. The van der Waals surface area contributed by atoms with Gasteiger partial charge in [0.05, 0.1) is 50.4 Å². The molecular formula is C21H19N7O6S2. The van der Waals surface area contributed by atoms with E-state index in [2.05, 4.69) is 19.1 Å². The van der Waals surface area contributed by atoms with Gasteiger partial charge in [-0.15, -0.1) is 4.68 Å². The molecule has 3 heterocycles. The number of aromatic nitrogens is 5. The third-order valence-corrected chi connectivity index (χ3v) is 6.75. The molecule has 4 aromatic rings. The van der Waals surface area contributed by atoms with Crippen LogP contribution in [-0.4, -0.2) is 53.3 Å². The minimum Gasteiger partial charge on any atom is -0.496 e. The van der Waals surface area contributed by atoms with Crippen molar-refractivity contribution in [1.82, 2.24) is 23.5 Å². The zero-order valence-corrected chi connectivity index (χ0v) is 21.0. The summed E-state index contributed by atoms with van der Waals surface area (Å²) in [6, 6.07) is 3.18. The Bertz CT molecular complexity index is 1670. The highest BCUT2D eigenvalue weighted by molar-refractivity contribution is 7.95. The molecule has 3 aromatic heterocycles. The van der Waals surface area contributed by atoms with Crippen molar-refractivity contribution in [2.24, 2.45) is 0 Å². The summed E-state index contributed by atoms with van der Waals surface area (Å²) in [5.74, 6) is 1.62. The maximum atomic E-state index is 12.8. The van der Waals surface area contributed by atoms with Crippen molar-refractivity contribution < 1.29 is 22.6 Å². The summed E-state index contributed by atoms with van der Waals surface area (Å²) in [4.78, 5) is 21.2. The molecule has 0 aliphatic rings. The van der Waals surface area contributed by atoms with Gasteiger partial charge in [0.1, 0.15) is 28.6 Å². The number of anilines is 1. The Morgan fingerprint density at radius 1 is 1.17 bits per heavy atom. The van der Waals surface area contributed by atoms with Crippen LogP contribution in [0.4, 0.5) is 5.69 Å². The van der Waals surface area contributed by atoms with Crippen LogP contribution >= 0.6 is 11.5 Å². The van der Waals surface area contributed by atoms with Gasteiger partial charge >= 0.3 is 0 Å². The first kappa shape index (κ1) is 24.7. The molecule has 0 bridgehead atoms. The number of nitrogens with one attached hydrogen (secondary N) is 1. The molecule has 0 unspecified atom stereocenters. The second kappa shape index (κ2) is 9.68. The van der Waals surface area contributed by atoms with Gasteiger partial charge in [0.25, 0.3) is 15.6 Å². The molecule has 1 aromatic carbocycles. The Hall–Kier alpha value is -4.42. The summed E-state index contributed by atoms with van der Waals surface area (Å²) in [6.07, 6.45) is 5.57. The molecule has 15 heteroatoms. The monoisotopic (exact) mass is 529 g/mol. The van der Waals surface area contributed by atoms with E-state index in [9.17, 15) is 18.5 Å². The Morgan fingerprint density at radius 3 is 2.42 bits per heavy atom. The first-order valence-corrected chi connectivity index (χ1v) is 12.4. The van der Waals surface area contributed by atoms with E-state index in [4.69, 9.17) is 14.2 Å². The number of hydrogen-bond donors (Lipinski definition) is 1. The summed E-state index contributed by atoms with van der Waals surface area (Å²) >= 11 is 0.996. The third kappa shape index (κ3) is 4.59. The first-order chi connectivity index (χ1) is 17.2. The number of nitrogens with zero attached hydrogens (tertiary/aromatic N) is 6. The topological polar surface area (TPSA) is 163 Å². The number of hydrogen-bond acceptors (Lipinski definition) is 11. The van der Waals surface area contributed by atoms with Gasteiger partial charge in [-0.2, -0.15) is 9.64 Å². The third-order valence-electron chi connectivity index (χ3n) is 4.91. The number of ether oxygens (including phenoxy) is 3. The fraction of sp³-hybridized carbons (Fsp3) is 0.190. The van der Waals surface area contributed by atoms with E-state index < -0.39 is 15.6 Å². The molecule has 0 saturated heterocycles. The summed E-state index contributed by atoms with van der Waals surface area (Å²) in [6.45, 7) is 1.67. The zero-order valence-electron chi connectivity index (χ0n) is 19.4. The number of methoxy groups -OCH3 is 3. The van der Waals surface area contributed by atoms with Gasteiger partial charge in [-0.25, -0.2) is 22.9 Å². The van der Waals surface area contributed by atoms with Crippen molar-refractivity contribution in [2.75, 3.05) is 26.1 Å². The zero-order chi connectivity index (χ0) is 26.0. The van der Waals surface area contributed by atoms with Crippen LogP contribution in [-0.2, 0) is 10.0 Å². The van der Waals surface area contributed by atoms with E-state index in [1.54, 1.807) is 25.2 Å². The number of fused-ring (bicyclic) bond motifs is 1. The molecule has 186 valence electrons. The molecule has 0 atom stereocenters. The molecule has 0 amide bonds. The van der Waals surface area contributed by atoms with Gasteiger partial charge in [-0.1, -0.05) is 0 Å². The van der Waals surface area contributed by atoms with Gasteiger partial charge in [0, 0.05) is 12.1 Å². The van der Waals surface area contributed by atoms with Gasteiger partial charge in [-0.3, -0.25) is 9.52 Å². The summed E-state index contributed by atoms with van der Waals surface area (Å²) in [7, 11) is 0.294.